The van der Waals surface area contributed by atoms with Crippen LogP contribution in [0.5, 0.6) is 5.75 Å². The van der Waals surface area contributed by atoms with E-state index in [1.807, 2.05) is 37.3 Å². The number of para-hydroxylation sites is 1. The second kappa shape index (κ2) is 8.73. The summed E-state index contributed by atoms with van der Waals surface area (Å²) in [6.07, 6.45) is 1.03. The summed E-state index contributed by atoms with van der Waals surface area (Å²) >= 11 is 0. The topological polar surface area (TPSA) is 60.3 Å². The number of fused-ring (bicyclic) bond motifs is 2. The van der Waals surface area contributed by atoms with Crippen LogP contribution >= 0.6 is 0 Å². The number of carbonyl (C=O) groups excluding carboxylic acids is 1. The third-order valence-corrected chi connectivity index (χ3v) is 6.53. The Kier molecular flexibility index (Phi) is 5.66. The Morgan fingerprint density at radius 2 is 1.87 bits per heavy atom. The van der Waals surface area contributed by atoms with Crippen molar-refractivity contribution in [1.82, 2.24) is 5.32 Å². The molecule has 1 saturated heterocycles. The van der Waals surface area contributed by atoms with Crippen molar-refractivity contribution in [1.29, 1.82) is 0 Å². The summed E-state index contributed by atoms with van der Waals surface area (Å²) in [7, 11) is 0. The molecule has 1 aromatic heterocycles. The average molecular weight is 422 g/mol. The normalized spacial score (nSPS) is 21.5. The van der Waals surface area contributed by atoms with Gasteiger partial charge in [0.25, 0.3) is 5.91 Å². The van der Waals surface area contributed by atoms with Crippen molar-refractivity contribution in [2.75, 3.05) is 39.3 Å². The summed E-state index contributed by atoms with van der Waals surface area (Å²) in [5.41, 5.74) is 3.59. The first-order valence-electron chi connectivity index (χ1n) is 11.3. The lowest BCUT2D eigenvalue weighted by atomic mass is 10.1. The summed E-state index contributed by atoms with van der Waals surface area (Å²) in [5, 5.41) is 4.18. The summed E-state index contributed by atoms with van der Waals surface area (Å²) < 4.78 is 11.5. The van der Waals surface area contributed by atoms with Crippen molar-refractivity contribution in [3.8, 4) is 5.75 Å². The van der Waals surface area contributed by atoms with E-state index < -0.39 is 0 Å². The largest absolute Gasteiger partial charge is 0.493 e. The van der Waals surface area contributed by atoms with E-state index in [1.165, 1.54) is 16.0 Å². The van der Waals surface area contributed by atoms with Gasteiger partial charge in [-0.05, 0) is 42.8 Å². The number of quaternary nitrogens is 2. The molecule has 0 bridgehead atoms. The molecule has 3 N–H and O–H groups in total. The molecule has 2 aromatic carbocycles. The van der Waals surface area contributed by atoms with Gasteiger partial charge in [-0.2, -0.15) is 0 Å². The third kappa shape index (κ3) is 4.60. The molecule has 0 aliphatic carbocycles. The second-order valence-electron chi connectivity index (χ2n) is 8.87. The van der Waals surface area contributed by atoms with Gasteiger partial charge in [0.05, 0.1) is 12.6 Å². The van der Waals surface area contributed by atoms with E-state index in [9.17, 15) is 4.79 Å². The molecule has 0 saturated carbocycles. The molecule has 2 aliphatic rings. The molecule has 5 rings (SSSR count). The number of rotatable bonds is 6. The highest BCUT2D eigenvalue weighted by atomic mass is 16.5. The van der Waals surface area contributed by atoms with Gasteiger partial charge in [-0.3, -0.25) is 4.79 Å². The van der Waals surface area contributed by atoms with E-state index in [2.05, 4.69) is 23.5 Å². The van der Waals surface area contributed by atoms with E-state index in [0.717, 1.165) is 68.2 Å². The number of amides is 1. The maximum Gasteiger partial charge on any atom is 0.275 e. The highest BCUT2D eigenvalue weighted by molar-refractivity contribution is 5.79. The van der Waals surface area contributed by atoms with Gasteiger partial charge in [0, 0.05) is 17.4 Å². The number of benzene rings is 2. The predicted octanol–water partition coefficient (Wildman–Crippen LogP) is 0.529. The molecule has 1 atom stereocenters. The van der Waals surface area contributed by atoms with Gasteiger partial charge in [0.15, 0.2) is 6.54 Å². The minimum Gasteiger partial charge on any atom is -0.493 e. The van der Waals surface area contributed by atoms with Crippen LogP contribution in [0.15, 0.2) is 52.9 Å². The Bertz CT molecular complexity index is 1040. The van der Waals surface area contributed by atoms with Crippen LogP contribution in [-0.2, 0) is 17.8 Å². The first-order valence-corrected chi connectivity index (χ1v) is 11.3. The van der Waals surface area contributed by atoms with Crippen LogP contribution in [0, 0.1) is 0 Å². The Labute approximate surface area is 182 Å². The number of furan rings is 1. The zero-order valence-corrected chi connectivity index (χ0v) is 18.1. The molecule has 31 heavy (non-hydrogen) atoms. The Morgan fingerprint density at radius 1 is 1.06 bits per heavy atom. The van der Waals surface area contributed by atoms with Gasteiger partial charge in [0.1, 0.15) is 49.8 Å². The highest BCUT2D eigenvalue weighted by Crippen LogP contribution is 2.25. The van der Waals surface area contributed by atoms with Gasteiger partial charge in [-0.1, -0.05) is 18.2 Å². The fraction of sp³-hybridized carbons (Fsp3) is 0.400. The number of hydrogen-bond acceptors (Lipinski definition) is 3. The van der Waals surface area contributed by atoms with Crippen molar-refractivity contribution >= 4 is 16.9 Å². The zero-order chi connectivity index (χ0) is 21.2. The van der Waals surface area contributed by atoms with Gasteiger partial charge < -0.3 is 24.3 Å². The van der Waals surface area contributed by atoms with Crippen LogP contribution in [0.25, 0.3) is 11.0 Å². The maximum atomic E-state index is 12.6. The number of hydrogen-bond donors (Lipinski definition) is 3. The molecule has 0 unspecified atom stereocenters. The lowest BCUT2D eigenvalue weighted by Gasteiger charge is -2.29. The van der Waals surface area contributed by atoms with Gasteiger partial charge >= 0.3 is 0 Å². The molecule has 0 spiro atoms. The molecule has 3 heterocycles. The van der Waals surface area contributed by atoms with Crippen LogP contribution in [0.1, 0.15) is 29.9 Å². The molecule has 1 amide bonds. The van der Waals surface area contributed by atoms with Crippen LogP contribution in [0.3, 0.4) is 0 Å². The smallest absolute Gasteiger partial charge is 0.275 e. The monoisotopic (exact) mass is 421 g/mol. The molecule has 2 aliphatic heterocycles. The molecule has 0 radical (unpaired) electrons. The maximum absolute atomic E-state index is 12.6. The molecule has 6 heteroatoms. The molecule has 6 nitrogen and oxygen atoms in total. The second-order valence-corrected chi connectivity index (χ2v) is 8.87. The first kappa shape index (κ1) is 20.1. The average Bonchev–Trinajstić information content (AvgIpc) is 3.41. The van der Waals surface area contributed by atoms with Crippen molar-refractivity contribution in [2.45, 2.75) is 25.9 Å². The number of piperazine rings is 1. The molecule has 1 fully saturated rings. The quantitative estimate of drug-likeness (QED) is 0.544. The highest BCUT2D eigenvalue weighted by Gasteiger charge is 2.26. The molecular weight excluding hydrogens is 390 g/mol. The molecular formula is C25H31N3O3+2. The number of nitrogens with one attached hydrogen (secondary N) is 3. The Morgan fingerprint density at radius 3 is 2.71 bits per heavy atom. The SMILES string of the molecule is C[C@H](NC(=O)C[NH+]1CC[NH+](Cc2ccc3c(c2)CCO3)CC1)c1cc2ccccc2o1. The van der Waals surface area contributed by atoms with Gasteiger partial charge in [0.2, 0.25) is 0 Å². The van der Waals surface area contributed by atoms with Crippen LogP contribution in [0.2, 0.25) is 0 Å². The van der Waals surface area contributed by atoms with Crippen molar-refractivity contribution in [3.05, 3.63) is 65.4 Å². The van der Waals surface area contributed by atoms with Crippen molar-refractivity contribution in [2.24, 2.45) is 0 Å². The lowest BCUT2D eigenvalue weighted by Crippen LogP contribution is -3.28. The van der Waals surface area contributed by atoms with Gasteiger partial charge in [-0.25, -0.2) is 0 Å². The predicted molar refractivity (Wildman–Crippen MR) is 118 cm³/mol. The summed E-state index contributed by atoms with van der Waals surface area (Å²) in [6, 6.07) is 16.4. The standard InChI is InChI=1S/C25H29N3O3/c1-18(24-15-20-4-2-3-5-23(20)31-24)26-25(29)17-28-11-9-27(10-12-28)16-19-6-7-22-21(14-19)8-13-30-22/h2-7,14-15,18H,8-13,16-17H2,1H3,(H,26,29)/p+2/t18-/m0/s1. The fourth-order valence-corrected chi connectivity index (χ4v) is 4.76. The van der Waals surface area contributed by atoms with Gasteiger partial charge in [-0.15, -0.1) is 0 Å². The van der Waals surface area contributed by atoms with Crippen molar-refractivity contribution in [3.63, 3.8) is 0 Å². The summed E-state index contributed by atoms with van der Waals surface area (Å²) in [6.45, 7) is 8.60. The van der Waals surface area contributed by atoms with E-state index >= 15 is 0 Å². The first-order chi connectivity index (χ1) is 15.1. The molecule has 162 valence electrons. The fourth-order valence-electron chi connectivity index (χ4n) is 4.76. The Hall–Kier alpha value is -2.83. The number of ether oxygens (including phenoxy) is 1. The third-order valence-electron chi connectivity index (χ3n) is 6.53. The van der Waals surface area contributed by atoms with E-state index in [-0.39, 0.29) is 11.9 Å². The molecule has 3 aromatic rings. The number of carbonyl (C=O) groups is 1. The lowest BCUT2D eigenvalue weighted by molar-refractivity contribution is -1.02. The van der Waals surface area contributed by atoms with Crippen LogP contribution < -0.4 is 19.9 Å². The minimum absolute atomic E-state index is 0.0880. The van der Waals surface area contributed by atoms with E-state index in [0.29, 0.717) is 6.54 Å². The van der Waals surface area contributed by atoms with Crippen LogP contribution in [-0.4, -0.2) is 45.2 Å². The summed E-state index contributed by atoms with van der Waals surface area (Å²) in [4.78, 5) is 15.6. The van der Waals surface area contributed by atoms with Crippen LogP contribution in [0.4, 0.5) is 0 Å². The van der Waals surface area contributed by atoms with E-state index in [4.69, 9.17) is 9.15 Å². The summed E-state index contributed by atoms with van der Waals surface area (Å²) in [5.74, 6) is 1.94. The minimum atomic E-state index is -0.130. The Balaban J connectivity index is 1.09. The van der Waals surface area contributed by atoms with E-state index in [1.54, 1.807) is 4.90 Å². The van der Waals surface area contributed by atoms with Crippen molar-refractivity contribution < 1.29 is 23.7 Å². The zero-order valence-electron chi connectivity index (χ0n) is 18.1.